The maximum atomic E-state index is 12.2. The van der Waals surface area contributed by atoms with E-state index in [2.05, 4.69) is 5.32 Å². The second-order valence-corrected chi connectivity index (χ2v) is 6.02. The van der Waals surface area contributed by atoms with E-state index >= 15 is 0 Å². The van der Waals surface area contributed by atoms with Crippen LogP contribution < -0.4 is 14.8 Å². The van der Waals surface area contributed by atoms with E-state index in [1.165, 1.54) is 0 Å². The lowest BCUT2D eigenvalue weighted by atomic mass is 10.2. The van der Waals surface area contributed by atoms with E-state index < -0.39 is 0 Å². The van der Waals surface area contributed by atoms with Crippen LogP contribution in [0.5, 0.6) is 11.5 Å². The second kappa shape index (κ2) is 8.57. The van der Waals surface area contributed by atoms with Crippen molar-refractivity contribution in [3.8, 4) is 11.5 Å². The van der Waals surface area contributed by atoms with Gasteiger partial charge in [-0.15, -0.1) is 0 Å². The fourth-order valence-electron chi connectivity index (χ4n) is 3.17. The van der Waals surface area contributed by atoms with Crippen LogP contribution in [0.3, 0.4) is 0 Å². The molecule has 0 aliphatic heterocycles. The van der Waals surface area contributed by atoms with Crippen LogP contribution in [0.1, 0.15) is 39.0 Å². The average Bonchev–Trinajstić information content (AvgIpc) is 3.08. The van der Waals surface area contributed by atoms with Crippen LogP contribution in [0.25, 0.3) is 0 Å². The van der Waals surface area contributed by atoms with E-state index in [1.54, 1.807) is 39.3 Å². The summed E-state index contributed by atoms with van der Waals surface area (Å²) in [7, 11) is 3.12. The Balaban J connectivity index is 1.91. The quantitative estimate of drug-likeness (QED) is 0.832. The van der Waals surface area contributed by atoms with Gasteiger partial charge in [-0.05, 0) is 25.0 Å². The lowest BCUT2D eigenvalue weighted by Crippen LogP contribution is -2.39. The lowest BCUT2D eigenvalue weighted by Gasteiger charge is -2.27. The predicted octanol–water partition coefficient (Wildman–Crippen LogP) is 2.82. The Morgan fingerprint density at radius 3 is 2.42 bits per heavy atom. The summed E-state index contributed by atoms with van der Waals surface area (Å²) in [6.07, 6.45) is 4.68. The standard InChI is InChI=1S/C18H26N2O4/c1-13(21)20(15-6-4-5-7-15)11-10-18(22)19-14-8-9-16(23-2)17(12-14)24-3/h8-9,12,15H,4-7,10-11H2,1-3H3,(H,19,22). The normalized spacial score (nSPS) is 14.3. The van der Waals surface area contributed by atoms with Crippen LogP contribution in [-0.4, -0.2) is 43.5 Å². The molecule has 1 fully saturated rings. The highest BCUT2D eigenvalue weighted by molar-refractivity contribution is 5.91. The number of nitrogens with zero attached hydrogens (tertiary/aromatic N) is 1. The Hall–Kier alpha value is -2.24. The molecule has 0 bridgehead atoms. The molecule has 1 saturated carbocycles. The number of benzene rings is 1. The van der Waals surface area contributed by atoms with Gasteiger partial charge in [0, 0.05) is 37.7 Å². The minimum atomic E-state index is -0.119. The number of nitrogens with one attached hydrogen (secondary N) is 1. The van der Waals surface area contributed by atoms with Crippen molar-refractivity contribution in [3.63, 3.8) is 0 Å². The van der Waals surface area contributed by atoms with Crippen molar-refractivity contribution < 1.29 is 19.1 Å². The number of ether oxygens (including phenoxy) is 2. The van der Waals surface area contributed by atoms with E-state index in [0.29, 0.717) is 23.7 Å². The van der Waals surface area contributed by atoms with Gasteiger partial charge in [0.2, 0.25) is 11.8 Å². The molecule has 6 heteroatoms. The number of methoxy groups -OCH3 is 2. The molecule has 0 unspecified atom stereocenters. The zero-order valence-corrected chi connectivity index (χ0v) is 14.6. The van der Waals surface area contributed by atoms with Gasteiger partial charge in [0.05, 0.1) is 14.2 Å². The molecular weight excluding hydrogens is 308 g/mol. The third-order valence-electron chi connectivity index (χ3n) is 4.42. The van der Waals surface area contributed by atoms with Gasteiger partial charge in [0.25, 0.3) is 0 Å². The van der Waals surface area contributed by atoms with Gasteiger partial charge in [0.15, 0.2) is 11.5 Å². The molecule has 1 aromatic carbocycles. The maximum absolute atomic E-state index is 12.2. The van der Waals surface area contributed by atoms with E-state index in [9.17, 15) is 9.59 Å². The molecule has 0 spiro atoms. The van der Waals surface area contributed by atoms with Crippen molar-refractivity contribution in [2.75, 3.05) is 26.1 Å². The van der Waals surface area contributed by atoms with Crippen molar-refractivity contribution in [1.82, 2.24) is 4.90 Å². The lowest BCUT2D eigenvalue weighted by molar-refractivity contribution is -0.131. The number of hydrogen-bond donors (Lipinski definition) is 1. The Bertz CT molecular complexity index is 582. The van der Waals surface area contributed by atoms with Gasteiger partial charge >= 0.3 is 0 Å². The smallest absolute Gasteiger partial charge is 0.226 e. The first-order chi connectivity index (χ1) is 11.5. The third-order valence-corrected chi connectivity index (χ3v) is 4.42. The van der Waals surface area contributed by atoms with Crippen molar-refractivity contribution in [3.05, 3.63) is 18.2 Å². The molecular formula is C18H26N2O4. The van der Waals surface area contributed by atoms with Crippen molar-refractivity contribution in [1.29, 1.82) is 0 Å². The largest absolute Gasteiger partial charge is 0.493 e. The molecule has 1 N–H and O–H groups in total. The van der Waals surface area contributed by atoms with E-state index in [4.69, 9.17) is 9.47 Å². The molecule has 0 heterocycles. The zero-order chi connectivity index (χ0) is 17.5. The molecule has 132 valence electrons. The van der Waals surface area contributed by atoms with Crippen LogP contribution in [0.15, 0.2) is 18.2 Å². The van der Waals surface area contributed by atoms with Crippen LogP contribution in [0, 0.1) is 0 Å². The monoisotopic (exact) mass is 334 g/mol. The molecule has 2 rings (SSSR count). The van der Waals surface area contributed by atoms with Gasteiger partial charge in [-0.3, -0.25) is 9.59 Å². The molecule has 1 aliphatic rings. The summed E-state index contributed by atoms with van der Waals surface area (Å²) in [6, 6.07) is 5.51. The minimum absolute atomic E-state index is 0.0424. The molecule has 1 aromatic rings. The second-order valence-electron chi connectivity index (χ2n) is 6.02. The molecule has 2 amide bonds. The zero-order valence-electron chi connectivity index (χ0n) is 14.6. The topological polar surface area (TPSA) is 67.9 Å². The van der Waals surface area contributed by atoms with Crippen LogP contribution in [0.4, 0.5) is 5.69 Å². The first-order valence-corrected chi connectivity index (χ1v) is 8.34. The van der Waals surface area contributed by atoms with E-state index in [1.807, 2.05) is 4.90 Å². The third kappa shape index (κ3) is 4.63. The number of hydrogen-bond acceptors (Lipinski definition) is 4. The van der Waals surface area contributed by atoms with Gasteiger partial charge < -0.3 is 19.7 Å². The molecule has 6 nitrogen and oxygen atoms in total. The Labute approximate surface area is 143 Å². The summed E-state index contributed by atoms with van der Waals surface area (Å²) in [6.45, 7) is 2.03. The Kier molecular flexibility index (Phi) is 6.46. The Morgan fingerprint density at radius 2 is 1.83 bits per heavy atom. The molecule has 0 radical (unpaired) electrons. The number of carbonyl (C=O) groups is 2. The molecule has 0 saturated heterocycles. The van der Waals surface area contributed by atoms with Crippen LogP contribution in [-0.2, 0) is 9.59 Å². The highest BCUT2D eigenvalue weighted by Crippen LogP contribution is 2.29. The van der Waals surface area contributed by atoms with Gasteiger partial charge in [-0.2, -0.15) is 0 Å². The molecule has 24 heavy (non-hydrogen) atoms. The number of rotatable bonds is 7. The van der Waals surface area contributed by atoms with Crippen molar-refractivity contribution in [2.45, 2.75) is 45.1 Å². The Morgan fingerprint density at radius 1 is 1.17 bits per heavy atom. The SMILES string of the molecule is COc1ccc(NC(=O)CCN(C(C)=O)C2CCCC2)cc1OC. The highest BCUT2D eigenvalue weighted by atomic mass is 16.5. The molecule has 1 aliphatic carbocycles. The molecule has 0 aromatic heterocycles. The van der Waals surface area contributed by atoms with Gasteiger partial charge in [0.1, 0.15) is 0 Å². The van der Waals surface area contributed by atoms with Crippen LogP contribution >= 0.6 is 0 Å². The van der Waals surface area contributed by atoms with E-state index in [-0.39, 0.29) is 24.3 Å². The van der Waals surface area contributed by atoms with Crippen molar-refractivity contribution in [2.24, 2.45) is 0 Å². The average molecular weight is 334 g/mol. The first kappa shape index (κ1) is 18.1. The predicted molar refractivity (Wildman–Crippen MR) is 92.4 cm³/mol. The fourth-order valence-corrected chi connectivity index (χ4v) is 3.17. The van der Waals surface area contributed by atoms with Crippen molar-refractivity contribution >= 4 is 17.5 Å². The maximum Gasteiger partial charge on any atom is 0.226 e. The fraction of sp³-hybridized carbons (Fsp3) is 0.556. The van der Waals surface area contributed by atoms with Gasteiger partial charge in [-0.1, -0.05) is 12.8 Å². The first-order valence-electron chi connectivity index (χ1n) is 8.34. The summed E-state index contributed by atoms with van der Waals surface area (Å²) in [5, 5.41) is 2.84. The minimum Gasteiger partial charge on any atom is -0.493 e. The highest BCUT2D eigenvalue weighted by Gasteiger charge is 2.24. The van der Waals surface area contributed by atoms with Gasteiger partial charge in [-0.25, -0.2) is 0 Å². The summed E-state index contributed by atoms with van der Waals surface area (Å²) < 4.78 is 10.4. The number of amides is 2. The van der Waals surface area contributed by atoms with Crippen LogP contribution in [0.2, 0.25) is 0 Å². The summed E-state index contributed by atoms with van der Waals surface area (Å²) >= 11 is 0. The number of carbonyl (C=O) groups excluding carboxylic acids is 2. The summed E-state index contributed by atoms with van der Waals surface area (Å²) in [4.78, 5) is 25.8. The number of anilines is 1. The van der Waals surface area contributed by atoms with E-state index in [0.717, 1.165) is 25.7 Å². The summed E-state index contributed by atoms with van der Waals surface area (Å²) in [5.41, 5.74) is 0.646. The molecule has 0 atom stereocenters. The summed E-state index contributed by atoms with van der Waals surface area (Å²) in [5.74, 6) is 1.10.